The molecule has 2 aromatic rings. The number of likely N-dealkylation sites (tertiary alicyclic amines) is 1. The van der Waals surface area contributed by atoms with Gasteiger partial charge in [-0.25, -0.2) is 4.98 Å². The molecule has 0 aliphatic carbocycles. The largest absolute Gasteiger partial charge is 0.372 e. The van der Waals surface area contributed by atoms with Gasteiger partial charge in [-0.1, -0.05) is 0 Å². The van der Waals surface area contributed by atoms with E-state index in [-0.39, 0.29) is 0 Å². The minimum atomic E-state index is 0.656. The summed E-state index contributed by atoms with van der Waals surface area (Å²) in [4.78, 5) is 9.97. The molecule has 3 heterocycles. The van der Waals surface area contributed by atoms with E-state index in [0.717, 1.165) is 43.4 Å². The van der Waals surface area contributed by atoms with Crippen molar-refractivity contribution in [3.63, 3.8) is 0 Å². The van der Waals surface area contributed by atoms with Crippen LogP contribution in [0.5, 0.6) is 0 Å². The average molecular weight is 286 g/mol. The van der Waals surface area contributed by atoms with Crippen molar-refractivity contribution in [1.82, 2.24) is 25.1 Å². The predicted molar refractivity (Wildman–Crippen MR) is 81.9 cm³/mol. The first-order valence-electron chi connectivity index (χ1n) is 7.54. The lowest BCUT2D eigenvalue weighted by Gasteiger charge is -2.31. The molecule has 6 heteroatoms. The van der Waals surface area contributed by atoms with E-state index in [1.54, 1.807) is 0 Å². The zero-order valence-electron chi connectivity index (χ0n) is 12.4. The van der Waals surface area contributed by atoms with E-state index in [2.05, 4.69) is 36.4 Å². The number of nitrogens with zero attached hydrogens (tertiary/aromatic N) is 4. The van der Waals surface area contributed by atoms with E-state index in [4.69, 9.17) is 0 Å². The molecule has 1 aliphatic heterocycles. The summed E-state index contributed by atoms with van der Waals surface area (Å²) in [5, 5.41) is 11.4. The number of rotatable bonds is 5. The highest BCUT2D eigenvalue weighted by Gasteiger charge is 2.21. The molecule has 1 saturated heterocycles. The molecule has 1 fully saturated rings. The van der Waals surface area contributed by atoms with E-state index in [1.165, 1.54) is 12.8 Å². The van der Waals surface area contributed by atoms with Crippen molar-refractivity contribution in [1.29, 1.82) is 0 Å². The minimum Gasteiger partial charge on any atom is -0.372 e. The number of aromatic nitrogens is 4. The summed E-state index contributed by atoms with van der Waals surface area (Å²) in [6, 6.07) is 4.07. The Morgan fingerprint density at radius 2 is 2.33 bits per heavy atom. The summed E-state index contributed by atoms with van der Waals surface area (Å²) in [7, 11) is 1.86. The van der Waals surface area contributed by atoms with Crippen molar-refractivity contribution in [3.05, 3.63) is 36.0 Å². The van der Waals surface area contributed by atoms with Crippen LogP contribution in [0.3, 0.4) is 0 Å². The first-order valence-corrected chi connectivity index (χ1v) is 7.54. The summed E-state index contributed by atoms with van der Waals surface area (Å²) in [5.41, 5.74) is 1.08. The Morgan fingerprint density at radius 3 is 3.05 bits per heavy atom. The third kappa shape index (κ3) is 3.78. The number of piperidine rings is 1. The van der Waals surface area contributed by atoms with Gasteiger partial charge in [-0.2, -0.15) is 5.10 Å². The molecule has 0 amide bonds. The Labute approximate surface area is 125 Å². The van der Waals surface area contributed by atoms with E-state index < -0.39 is 0 Å². The van der Waals surface area contributed by atoms with Crippen LogP contribution in [-0.2, 0) is 13.0 Å². The summed E-state index contributed by atoms with van der Waals surface area (Å²) in [5.74, 6) is 2.53. The summed E-state index contributed by atoms with van der Waals surface area (Å²) in [6.07, 6.45) is 7.22. The fourth-order valence-corrected chi connectivity index (χ4v) is 2.96. The van der Waals surface area contributed by atoms with Gasteiger partial charge in [0.25, 0.3) is 0 Å². The van der Waals surface area contributed by atoms with Gasteiger partial charge in [0.1, 0.15) is 11.6 Å². The zero-order chi connectivity index (χ0) is 14.5. The van der Waals surface area contributed by atoms with Crippen molar-refractivity contribution >= 4 is 5.82 Å². The first-order chi connectivity index (χ1) is 10.3. The van der Waals surface area contributed by atoms with Crippen LogP contribution in [0.2, 0.25) is 0 Å². The second kappa shape index (κ2) is 6.67. The Hall–Kier alpha value is -1.95. The highest BCUT2D eigenvalue weighted by Crippen LogP contribution is 2.21. The van der Waals surface area contributed by atoms with Crippen LogP contribution < -0.4 is 5.32 Å². The lowest BCUT2D eigenvalue weighted by atomic mass is 9.93. The highest BCUT2D eigenvalue weighted by atomic mass is 15.2. The Bertz CT molecular complexity index is 536. The minimum absolute atomic E-state index is 0.656. The lowest BCUT2D eigenvalue weighted by molar-refractivity contribution is 0.163. The maximum Gasteiger partial charge on any atom is 0.148 e. The van der Waals surface area contributed by atoms with Crippen LogP contribution in [0, 0.1) is 5.92 Å². The van der Waals surface area contributed by atoms with Crippen LogP contribution in [0.1, 0.15) is 24.4 Å². The molecule has 2 N–H and O–H groups in total. The molecular formula is C15H22N6. The molecule has 2 aromatic heterocycles. The van der Waals surface area contributed by atoms with Crippen molar-refractivity contribution in [2.45, 2.75) is 25.8 Å². The summed E-state index contributed by atoms with van der Waals surface area (Å²) >= 11 is 0. The fourth-order valence-electron chi connectivity index (χ4n) is 2.96. The number of hydrogen-bond donors (Lipinski definition) is 2. The van der Waals surface area contributed by atoms with Crippen LogP contribution in [0.15, 0.2) is 24.5 Å². The molecule has 21 heavy (non-hydrogen) atoms. The van der Waals surface area contributed by atoms with Crippen LogP contribution >= 0.6 is 0 Å². The molecule has 1 unspecified atom stereocenters. The highest BCUT2D eigenvalue weighted by molar-refractivity contribution is 5.31. The molecule has 112 valence electrons. The number of hydrogen-bond acceptors (Lipinski definition) is 5. The monoisotopic (exact) mass is 286 g/mol. The summed E-state index contributed by atoms with van der Waals surface area (Å²) in [6.45, 7) is 3.17. The Morgan fingerprint density at radius 1 is 1.38 bits per heavy atom. The molecule has 0 saturated carbocycles. The second-order valence-corrected chi connectivity index (χ2v) is 5.64. The van der Waals surface area contributed by atoms with E-state index in [1.807, 2.05) is 25.5 Å². The smallest absolute Gasteiger partial charge is 0.148 e. The zero-order valence-corrected chi connectivity index (χ0v) is 12.4. The normalized spacial score (nSPS) is 19.6. The number of nitrogens with one attached hydrogen (secondary N) is 2. The van der Waals surface area contributed by atoms with Gasteiger partial charge in [0.2, 0.25) is 0 Å². The molecule has 0 bridgehead atoms. The number of imidazole rings is 1. The molecule has 1 aliphatic rings. The molecule has 6 nitrogen and oxygen atoms in total. The van der Waals surface area contributed by atoms with Gasteiger partial charge in [-0.3, -0.25) is 4.90 Å². The maximum atomic E-state index is 4.31. The van der Waals surface area contributed by atoms with Gasteiger partial charge >= 0.3 is 0 Å². The quantitative estimate of drug-likeness (QED) is 0.875. The van der Waals surface area contributed by atoms with Crippen LogP contribution in [0.25, 0.3) is 0 Å². The molecule has 0 aromatic carbocycles. The van der Waals surface area contributed by atoms with E-state index in [0.29, 0.717) is 5.92 Å². The van der Waals surface area contributed by atoms with Gasteiger partial charge in [-0.15, -0.1) is 5.10 Å². The van der Waals surface area contributed by atoms with Gasteiger partial charge < -0.3 is 10.3 Å². The standard InChI is InChI=1S/C15H22N6/c1-16-14-5-4-13(19-20-14)9-12-3-2-8-21(10-12)11-15-17-6-7-18-15/h4-7,12H,2-3,8-11H2,1H3,(H,16,20)(H,17,18). The average Bonchev–Trinajstić information content (AvgIpc) is 3.01. The summed E-state index contributed by atoms with van der Waals surface area (Å²) < 4.78 is 0. The second-order valence-electron chi connectivity index (χ2n) is 5.64. The Kier molecular flexibility index (Phi) is 4.45. The van der Waals surface area contributed by atoms with Gasteiger partial charge in [-0.05, 0) is 43.9 Å². The molecule has 3 rings (SSSR count). The molecule has 0 radical (unpaired) electrons. The van der Waals surface area contributed by atoms with Crippen LogP contribution in [-0.4, -0.2) is 45.2 Å². The van der Waals surface area contributed by atoms with E-state index in [9.17, 15) is 0 Å². The SMILES string of the molecule is CNc1ccc(CC2CCCN(Cc3ncc[nH]3)C2)nn1. The van der Waals surface area contributed by atoms with Crippen LogP contribution in [0.4, 0.5) is 5.82 Å². The number of anilines is 1. The van der Waals surface area contributed by atoms with Crippen molar-refractivity contribution in [3.8, 4) is 0 Å². The fraction of sp³-hybridized carbons (Fsp3) is 0.533. The third-order valence-corrected chi connectivity index (χ3v) is 4.01. The van der Waals surface area contributed by atoms with E-state index >= 15 is 0 Å². The number of H-pyrrole nitrogens is 1. The number of aromatic amines is 1. The Balaban J connectivity index is 1.55. The maximum absolute atomic E-state index is 4.31. The predicted octanol–water partition coefficient (Wildman–Crippen LogP) is 1.70. The molecule has 1 atom stereocenters. The van der Waals surface area contributed by atoms with Crippen molar-refractivity contribution in [2.24, 2.45) is 5.92 Å². The first kappa shape index (κ1) is 14.0. The van der Waals surface area contributed by atoms with Gasteiger partial charge in [0.15, 0.2) is 0 Å². The molecule has 0 spiro atoms. The third-order valence-electron chi connectivity index (χ3n) is 4.01. The van der Waals surface area contributed by atoms with Gasteiger partial charge in [0, 0.05) is 26.0 Å². The van der Waals surface area contributed by atoms with Crippen molar-refractivity contribution < 1.29 is 0 Å². The molecular weight excluding hydrogens is 264 g/mol. The van der Waals surface area contributed by atoms with Crippen molar-refractivity contribution in [2.75, 3.05) is 25.5 Å². The topological polar surface area (TPSA) is 69.7 Å². The lowest BCUT2D eigenvalue weighted by Crippen LogP contribution is -2.36. The van der Waals surface area contributed by atoms with Gasteiger partial charge in [0.05, 0.1) is 12.2 Å².